The first-order chi connectivity index (χ1) is 8.49. The van der Waals surface area contributed by atoms with Gasteiger partial charge in [0.1, 0.15) is 11.9 Å². The van der Waals surface area contributed by atoms with Gasteiger partial charge in [-0.2, -0.15) is 0 Å². The number of amides is 1. The topological polar surface area (TPSA) is 72.2 Å². The highest BCUT2D eigenvalue weighted by Crippen LogP contribution is 2.29. The molecule has 2 atom stereocenters. The third kappa shape index (κ3) is 2.50. The van der Waals surface area contributed by atoms with Crippen LogP contribution in [0.25, 0.3) is 0 Å². The maximum atomic E-state index is 13.7. The molecule has 0 aliphatic carbocycles. The SMILES string of the molecule is O=C1CC[C@@H]([N+](=O)[O-])[C@@H](c2cc(Br)ccc2F)N1. The number of benzene rings is 1. The second-order valence-electron chi connectivity index (χ2n) is 4.10. The molecule has 5 nitrogen and oxygen atoms in total. The molecule has 1 amide bonds. The first kappa shape index (κ1) is 12.9. The molecule has 0 radical (unpaired) electrons. The molecule has 1 aliphatic heterocycles. The number of rotatable bonds is 2. The lowest BCUT2D eigenvalue weighted by atomic mass is 9.92. The molecule has 18 heavy (non-hydrogen) atoms. The van der Waals surface area contributed by atoms with Gasteiger partial charge in [0, 0.05) is 27.8 Å². The summed E-state index contributed by atoms with van der Waals surface area (Å²) in [4.78, 5) is 21.8. The molecule has 1 aliphatic rings. The molecule has 1 fully saturated rings. The Morgan fingerprint density at radius 3 is 2.89 bits per heavy atom. The van der Waals surface area contributed by atoms with Gasteiger partial charge < -0.3 is 5.32 Å². The number of nitrogens with zero attached hydrogens (tertiary/aromatic N) is 1. The van der Waals surface area contributed by atoms with E-state index in [2.05, 4.69) is 21.2 Å². The van der Waals surface area contributed by atoms with Crippen molar-refractivity contribution < 1.29 is 14.1 Å². The maximum Gasteiger partial charge on any atom is 0.237 e. The summed E-state index contributed by atoms with van der Waals surface area (Å²) in [5.41, 5.74) is 0.138. The summed E-state index contributed by atoms with van der Waals surface area (Å²) in [6.45, 7) is 0. The van der Waals surface area contributed by atoms with Crippen LogP contribution in [0.5, 0.6) is 0 Å². The van der Waals surface area contributed by atoms with Gasteiger partial charge in [-0.15, -0.1) is 0 Å². The Balaban J connectivity index is 2.40. The summed E-state index contributed by atoms with van der Waals surface area (Å²) < 4.78 is 14.3. The molecular formula is C11H10BrFN2O3. The molecule has 7 heteroatoms. The molecule has 0 aromatic heterocycles. The van der Waals surface area contributed by atoms with Crippen LogP contribution < -0.4 is 5.32 Å². The monoisotopic (exact) mass is 316 g/mol. The number of nitro groups is 1. The lowest BCUT2D eigenvalue weighted by molar-refractivity contribution is -0.529. The van der Waals surface area contributed by atoms with E-state index >= 15 is 0 Å². The summed E-state index contributed by atoms with van der Waals surface area (Å²) in [5, 5.41) is 13.5. The van der Waals surface area contributed by atoms with Crippen LogP contribution in [0.2, 0.25) is 0 Å². The van der Waals surface area contributed by atoms with E-state index in [0.717, 1.165) is 0 Å². The van der Waals surface area contributed by atoms with Crippen LogP contribution >= 0.6 is 15.9 Å². The van der Waals surface area contributed by atoms with Crippen molar-refractivity contribution in [3.05, 3.63) is 44.2 Å². The number of halogens is 2. The molecule has 1 N–H and O–H groups in total. The predicted molar refractivity (Wildman–Crippen MR) is 65.0 cm³/mol. The minimum atomic E-state index is -0.994. The molecule has 1 aromatic rings. The molecule has 96 valence electrons. The Hall–Kier alpha value is -1.50. The highest BCUT2D eigenvalue weighted by Gasteiger charge is 2.39. The number of carbonyl (C=O) groups excluding carboxylic acids is 1. The molecule has 2 rings (SSSR count). The minimum absolute atomic E-state index is 0.0950. The maximum absolute atomic E-state index is 13.7. The molecule has 1 heterocycles. The van der Waals surface area contributed by atoms with Gasteiger partial charge in [-0.05, 0) is 18.2 Å². The van der Waals surface area contributed by atoms with E-state index in [1.807, 2.05) is 0 Å². The van der Waals surface area contributed by atoms with E-state index < -0.39 is 22.8 Å². The second-order valence-corrected chi connectivity index (χ2v) is 5.02. The fourth-order valence-electron chi connectivity index (χ4n) is 2.05. The molecule has 0 saturated carbocycles. The van der Waals surface area contributed by atoms with Crippen LogP contribution in [-0.2, 0) is 4.79 Å². The fraction of sp³-hybridized carbons (Fsp3) is 0.364. The molecule has 0 spiro atoms. The Bertz CT molecular complexity index is 509. The Morgan fingerprint density at radius 2 is 2.22 bits per heavy atom. The highest BCUT2D eigenvalue weighted by molar-refractivity contribution is 9.10. The summed E-state index contributed by atoms with van der Waals surface area (Å²) in [5.74, 6) is -0.852. The lowest BCUT2D eigenvalue weighted by Crippen LogP contribution is -2.45. The zero-order valence-electron chi connectivity index (χ0n) is 9.23. The Morgan fingerprint density at radius 1 is 1.50 bits per heavy atom. The van der Waals surface area contributed by atoms with Gasteiger partial charge in [0.15, 0.2) is 0 Å². The summed E-state index contributed by atoms with van der Waals surface area (Å²) in [7, 11) is 0. The number of hydrogen-bond acceptors (Lipinski definition) is 3. The third-order valence-corrected chi connectivity index (χ3v) is 3.43. The number of hydrogen-bond donors (Lipinski definition) is 1. The number of piperidine rings is 1. The standard InChI is InChI=1S/C11H10BrFN2O3/c12-6-1-2-8(13)7(5-6)11-9(15(17)18)3-4-10(16)14-11/h1-2,5,9,11H,3-4H2,(H,14,16)/t9-,11-/m1/s1. The average molecular weight is 317 g/mol. The first-order valence-electron chi connectivity index (χ1n) is 5.37. The van der Waals surface area contributed by atoms with Crippen LogP contribution in [0.1, 0.15) is 24.4 Å². The van der Waals surface area contributed by atoms with Crippen molar-refractivity contribution >= 4 is 21.8 Å². The van der Waals surface area contributed by atoms with E-state index in [0.29, 0.717) is 4.47 Å². The van der Waals surface area contributed by atoms with Crippen molar-refractivity contribution in [2.45, 2.75) is 24.9 Å². The van der Waals surface area contributed by atoms with Crippen LogP contribution in [0.3, 0.4) is 0 Å². The van der Waals surface area contributed by atoms with Crippen molar-refractivity contribution in [1.29, 1.82) is 0 Å². The van der Waals surface area contributed by atoms with Crippen LogP contribution in [0.4, 0.5) is 4.39 Å². The smallest absolute Gasteiger partial charge is 0.237 e. The minimum Gasteiger partial charge on any atom is -0.342 e. The van der Waals surface area contributed by atoms with Gasteiger partial charge in [-0.25, -0.2) is 4.39 Å². The predicted octanol–water partition coefficient (Wildman–Crippen LogP) is 2.18. The first-order valence-corrected chi connectivity index (χ1v) is 6.16. The quantitative estimate of drug-likeness (QED) is 0.671. The van der Waals surface area contributed by atoms with Crippen molar-refractivity contribution in [1.82, 2.24) is 5.32 Å². The molecular weight excluding hydrogens is 307 g/mol. The zero-order chi connectivity index (χ0) is 13.3. The normalized spacial score (nSPS) is 23.6. The number of carbonyl (C=O) groups is 1. The summed E-state index contributed by atoms with van der Waals surface area (Å²) in [6.07, 6.45) is 0.215. The molecule has 0 bridgehead atoms. The van der Waals surface area contributed by atoms with Gasteiger partial charge in [-0.1, -0.05) is 15.9 Å². The number of nitrogens with one attached hydrogen (secondary N) is 1. The lowest BCUT2D eigenvalue weighted by Gasteiger charge is -2.27. The van der Waals surface area contributed by atoms with Gasteiger partial charge in [0.25, 0.3) is 0 Å². The molecule has 1 aromatic carbocycles. The van der Waals surface area contributed by atoms with Crippen LogP contribution in [-0.4, -0.2) is 16.9 Å². The van der Waals surface area contributed by atoms with Gasteiger partial charge in [0.2, 0.25) is 11.9 Å². The second kappa shape index (κ2) is 5.01. The molecule has 0 unspecified atom stereocenters. The van der Waals surface area contributed by atoms with E-state index in [4.69, 9.17) is 0 Å². The van der Waals surface area contributed by atoms with Crippen molar-refractivity contribution in [2.24, 2.45) is 0 Å². The third-order valence-electron chi connectivity index (χ3n) is 2.93. The van der Waals surface area contributed by atoms with Crippen molar-refractivity contribution in [3.8, 4) is 0 Å². The summed E-state index contributed by atoms with van der Waals surface area (Å²) >= 11 is 3.19. The van der Waals surface area contributed by atoms with Crippen molar-refractivity contribution in [2.75, 3.05) is 0 Å². The molecule has 1 saturated heterocycles. The van der Waals surface area contributed by atoms with E-state index in [-0.39, 0.29) is 24.3 Å². The highest BCUT2D eigenvalue weighted by atomic mass is 79.9. The average Bonchev–Trinajstić information content (AvgIpc) is 2.31. The van der Waals surface area contributed by atoms with Crippen LogP contribution in [0.15, 0.2) is 22.7 Å². The Kier molecular flexibility index (Phi) is 3.60. The largest absolute Gasteiger partial charge is 0.342 e. The van der Waals surface area contributed by atoms with Crippen LogP contribution in [0, 0.1) is 15.9 Å². The zero-order valence-corrected chi connectivity index (χ0v) is 10.8. The summed E-state index contributed by atoms with van der Waals surface area (Å²) in [6, 6.07) is 2.27. The Labute approximate surface area is 111 Å². The van der Waals surface area contributed by atoms with Crippen molar-refractivity contribution in [3.63, 3.8) is 0 Å². The van der Waals surface area contributed by atoms with E-state index in [1.54, 1.807) is 0 Å². The van der Waals surface area contributed by atoms with E-state index in [1.165, 1.54) is 18.2 Å². The fourth-order valence-corrected chi connectivity index (χ4v) is 2.43. The van der Waals surface area contributed by atoms with Gasteiger partial charge in [-0.3, -0.25) is 14.9 Å². The van der Waals surface area contributed by atoms with E-state index in [9.17, 15) is 19.3 Å². The van der Waals surface area contributed by atoms with Gasteiger partial charge >= 0.3 is 0 Å². The van der Waals surface area contributed by atoms with Gasteiger partial charge in [0.05, 0.1) is 0 Å².